The smallest absolute Gasteiger partial charge is 0.239 e. The Morgan fingerprint density at radius 1 is 1.25 bits per heavy atom. The summed E-state index contributed by atoms with van der Waals surface area (Å²) in [6.07, 6.45) is 6.89. The van der Waals surface area contributed by atoms with Gasteiger partial charge in [-0.25, -0.2) is 4.39 Å². The van der Waals surface area contributed by atoms with Gasteiger partial charge in [0, 0.05) is 6.04 Å². The molecule has 5 heteroatoms. The summed E-state index contributed by atoms with van der Waals surface area (Å²) in [6, 6.07) is 4.70. The largest absolute Gasteiger partial charge is 0.373 e. The van der Waals surface area contributed by atoms with Gasteiger partial charge >= 0.3 is 0 Å². The fraction of sp³-hybridized carbons (Fsp3) is 0.533. The zero-order valence-corrected chi connectivity index (χ0v) is 12.2. The first-order valence-electron chi connectivity index (χ1n) is 7.14. The zero-order chi connectivity index (χ0) is 14.4. The summed E-state index contributed by atoms with van der Waals surface area (Å²) < 4.78 is 13.5. The number of halogens is 2. The molecule has 3 nitrogen and oxygen atoms in total. The molecule has 1 aromatic rings. The molecule has 0 spiro atoms. The first kappa shape index (κ1) is 15.1. The van der Waals surface area contributed by atoms with Crippen molar-refractivity contribution in [3.05, 3.63) is 29.0 Å². The van der Waals surface area contributed by atoms with Crippen LogP contribution in [0.4, 0.5) is 10.1 Å². The molecule has 0 aliphatic heterocycles. The lowest BCUT2D eigenvalue weighted by molar-refractivity contribution is -0.120. The quantitative estimate of drug-likeness (QED) is 0.832. The van der Waals surface area contributed by atoms with E-state index in [1.807, 2.05) is 0 Å². The first-order valence-corrected chi connectivity index (χ1v) is 7.52. The number of benzene rings is 1. The van der Waals surface area contributed by atoms with E-state index in [4.69, 9.17) is 11.6 Å². The maximum absolute atomic E-state index is 13.5. The summed E-state index contributed by atoms with van der Waals surface area (Å²) in [5, 5.41) is 6.05. The highest BCUT2D eigenvalue weighted by molar-refractivity contribution is 6.33. The number of amides is 1. The van der Waals surface area contributed by atoms with Crippen LogP contribution >= 0.6 is 11.6 Å². The van der Waals surface area contributed by atoms with E-state index in [9.17, 15) is 9.18 Å². The van der Waals surface area contributed by atoms with Crippen LogP contribution < -0.4 is 10.6 Å². The number of rotatable bonds is 4. The Bertz CT molecular complexity index is 439. The fourth-order valence-electron chi connectivity index (χ4n) is 2.54. The summed E-state index contributed by atoms with van der Waals surface area (Å²) >= 11 is 5.89. The Hall–Kier alpha value is -1.29. The van der Waals surface area contributed by atoms with Gasteiger partial charge in [-0.2, -0.15) is 0 Å². The molecule has 0 unspecified atom stereocenters. The third kappa shape index (κ3) is 4.37. The van der Waals surface area contributed by atoms with E-state index in [1.54, 1.807) is 6.07 Å². The summed E-state index contributed by atoms with van der Waals surface area (Å²) in [5.41, 5.74) is 0.185. The van der Waals surface area contributed by atoms with E-state index in [-0.39, 0.29) is 29.2 Å². The highest BCUT2D eigenvalue weighted by Gasteiger charge is 2.15. The standard InChI is InChI=1S/C15H20ClFN2O/c16-12-8-5-9-13(17)15(12)18-10-14(20)19-11-6-3-1-2-4-7-11/h5,8-9,11,18H,1-4,6-7,10H2,(H,19,20). The van der Waals surface area contributed by atoms with Crippen LogP contribution in [0.2, 0.25) is 5.02 Å². The average Bonchev–Trinajstić information content (AvgIpc) is 2.67. The van der Waals surface area contributed by atoms with Gasteiger partial charge in [0.25, 0.3) is 0 Å². The van der Waals surface area contributed by atoms with Gasteiger partial charge in [0.1, 0.15) is 5.82 Å². The molecule has 1 aliphatic carbocycles. The van der Waals surface area contributed by atoms with Crippen LogP contribution in [0.15, 0.2) is 18.2 Å². The van der Waals surface area contributed by atoms with Crippen LogP contribution in [0.3, 0.4) is 0 Å². The van der Waals surface area contributed by atoms with Crippen molar-refractivity contribution in [2.75, 3.05) is 11.9 Å². The minimum absolute atomic E-state index is 0.0388. The molecular weight excluding hydrogens is 279 g/mol. The molecule has 0 aromatic heterocycles. The number of hydrogen-bond donors (Lipinski definition) is 2. The van der Waals surface area contributed by atoms with Gasteiger partial charge in [0.2, 0.25) is 5.91 Å². The lowest BCUT2D eigenvalue weighted by atomic mass is 10.1. The van der Waals surface area contributed by atoms with E-state index in [2.05, 4.69) is 10.6 Å². The normalized spacial score (nSPS) is 16.5. The maximum atomic E-state index is 13.5. The predicted molar refractivity (Wildman–Crippen MR) is 79.5 cm³/mol. The SMILES string of the molecule is O=C(CNc1c(F)cccc1Cl)NC1CCCCCC1. The van der Waals surface area contributed by atoms with Gasteiger partial charge < -0.3 is 10.6 Å². The molecular formula is C15H20ClFN2O. The third-order valence-electron chi connectivity index (χ3n) is 3.61. The second-order valence-corrected chi connectivity index (χ2v) is 5.61. The van der Waals surface area contributed by atoms with Crippen molar-refractivity contribution in [1.82, 2.24) is 5.32 Å². The van der Waals surface area contributed by atoms with Crippen molar-refractivity contribution < 1.29 is 9.18 Å². The van der Waals surface area contributed by atoms with Gasteiger partial charge in [-0.15, -0.1) is 0 Å². The van der Waals surface area contributed by atoms with Crippen LogP contribution in [-0.2, 0) is 4.79 Å². The Morgan fingerprint density at radius 3 is 2.60 bits per heavy atom. The van der Waals surface area contributed by atoms with E-state index >= 15 is 0 Å². The highest BCUT2D eigenvalue weighted by Crippen LogP contribution is 2.24. The molecule has 2 rings (SSSR count). The Morgan fingerprint density at radius 2 is 1.95 bits per heavy atom. The second kappa shape index (κ2) is 7.48. The second-order valence-electron chi connectivity index (χ2n) is 5.21. The first-order chi connectivity index (χ1) is 9.66. The average molecular weight is 299 g/mol. The van der Waals surface area contributed by atoms with Gasteiger partial charge in [0.05, 0.1) is 17.3 Å². The van der Waals surface area contributed by atoms with Crippen molar-refractivity contribution >= 4 is 23.2 Å². The molecule has 1 amide bonds. The Labute approximate surface area is 123 Å². The van der Waals surface area contributed by atoms with Crippen LogP contribution in [-0.4, -0.2) is 18.5 Å². The lowest BCUT2D eigenvalue weighted by Crippen LogP contribution is -2.38. The Balaban J connectivity index is 1.82. The van der Waals surface area contributed by atoms with E-state index < -0.39 is 5.82 Å². The molecule has 110 valence electrons. The van der Waals surface area contributed by atoms with Crippen molar-refractivity contribution in [1.29, 1.82) is 0 Å². The molecule has 1 aromatic carbocycles. The molecule has 0 radical (unpaired) electrons. The minimum atomic E-state index is -0.445. The highest BCUT2D eigenvalue weighted by atomic mass is 35.5. The zero-order valence-electron chi connectivity index (χ0n) is 11.4. The van der Waals surface area contributed by atoms with Crippen LogP contribution in [0.25, 0.3) is 0 Å². The molecule has 1 aliphatic rings. The molecule has 0 saturated heterocycles. The van der Waals surface area contributed by atoms with Crippen molar-refractivity contribution in [3.8, 4) is 0 Å². The molecule has 0 heterocycles. The van der Waals surface area contributed by atoms with Gasteiger partial charge in [-0.3, -0.25) is 4.79 Å². The summed E-state index contributed by atoms with van der Waals surface area (Å²) in [6.45, 7) is 0.0388. The van der Waals surface area contributed by atoms with Crippen molar-refractivity contribution in [2.45, 2.75) is 44.6 Å². The summed E-state index contributed by atoms with van der Waals surface area (Å²) in [5.74, 6) is -0.559. The number of carbonyl (C=O) groups excluding carboxylic acids is 1. The molecule has 20 heavy (non-hydrogen) atoms. The summed E-state index contributed by atoms with van der Waals surface area (Å²) in [7, 11) is 0. The number of hydrogen-bond acceptors (Lipinski definition) is 2. The topological polar surface area (TPSA) is 41.1 Å². The van der Waals surface area contributed by atoms with Crippen LogP contribution in [0.5, 0.6) is 0 Å². The number of para-hydroxylation sites is 1. The number of nitrogens with one attached hydrogen (secondary N) is 2. The Kier molecular flexibility index (Phi) is 5.65. The van der Waals surface area contributed by atoms with E-state index in [0.29, 0.717) is 0 Å². The number of carbonyl (C=O) groups is 1. The van der Waals surface area contributed by atoms with Crippen molar-refractivity contribution in [3.63, 3.8) is 0 Å². The monoisotopic (exact) mass is 298 g/mol. The third-order valence-corrected chi connectivity index (χ3v) is 3.92. The summed E-state index contributed by atoms with van der Waals surface area (Å²) in [4.78, 5) is 11.9. The molecule has 1 fully saturated rings. The predicted octanol–water partition coefficient (Wildman–Crippen LogP) is 3.73. The fourth-order valence-corrected chi connectivity index (χ4v) is 2.77. The maximum Gasteiger partial charge on any atom is 0.239 e. The molecule has 2 N–H and O–H groups in total. The van der Waals surface area contributed by atoms with Gasteiger partial charge in [0.15, 0.2) is 0 Å². The van der Waals surface area contributed by atoms with Gasteiger partial charge in [-0.1, -0.05) is 43.4 Å². The molecule has 1 saturated carbocycles. The number of anilines is 1. The lowest BCUT2D eigenvalue weighted by Gasteiger charge is -2.17. The van der Waals surface area contributed by atoms with Crippen molar-refractivity contribution in [2.24, 2.45) is 0 Å². The van der Waals surface area contributed by atoms with E-state index in [0.717, 1.165) is 25.7 Å². The molecule has 0 bridgehead atoms. The van der Waals surface area contributed by atoms with Crippen LogP contribution in [0.1, 0.15) is 38.5 Å². The van der Waals surface area contributed by atoms with Crippen LogP contribution in [0, 0.1) is 5.82 Å². The van der Waals surface area contributed by atoms with Gasteiger partial charge in [-0.05, 0) is 25.0 Å². The van der Waals surface area contributed by atoms with E-state index in [1.165, 1.54) is 25.0 Å². The minimum Gasteiger partial charge on any atom is -0.373 e. The molecule has 0 atom stereocenters.